The zero-order valence-electron chi connectivity index (χ0n) is 15.7. The summed E-state index contributed by atoms with van der Waals surface area (Å²) in [5, 5.41) is 4.38. The number of likely N-dealkylation sites (tertiary alicyclic amines) is 1. The number of amides is 2. The van der Waals surface area contributed by atoms with Crippen LogP contribution in [0.2, 0.25) is 0 Å². The molecule has 2 heterocycles. The number of carbonyl (C=O) groups excluding carboxylic acids is 2. The van der Waals surface area contributed by atoms with Gasteiger partial charge in [0.25, 0.3) is 5.91 Å². The summed E-state index contributed by atoms with van der Waals surface area (Å²) in [6.45, 7) is 1.44. The Hall–Kier alpha value is -2.30. The van der Waals surface area contributed by atoms with E-state index in [1.54, 1.807) is 0 Å². The third kappa shape index (κ3) is 3.24. The number of carbonyl (C=O) groups is 2. The molecule has 1 aromatic heterocycles. The first-order valence-corrected chi connectivity index (χ1v) is 10.4. The maximum absolute atomic E-state index is 13.0. The number of piperidine rings is 1. The van der Waals surface area contributed by atoms with Gasteiger partial charge in [-0.25, -0.2) is 0 Å². The Balaban J connectivity index is 1.27. The van der Waals surface area contributed by atoms with Gasteiger partial charge < -0.3 is 15.2 Å². The van der Waals surface area contributed by atoms with Crippen molar-refractivity contribution in [2.75, 3.05) is 13.1 Å². The second kappa shape index (κ2) is 6.70. The molecule has 0 bridgehead atoms. The quantitative estimate of drug-likeness (QED) is 0.877. The molecule has 0 radical (unpaired) electrons. The highest BCUT2D eigenvalue weighted by Gasteiger charge is 2.32. The molecule has 2 amide bonds. The lowest BCUT2D eigenvalue weighted by Gasteiger charge is -2.32. The van der Waals surface area contributed by atoms with E-state index in [1.165, 1.54) is 29.5 Å². The van der Waals surface area contributed by atoms with Gasteiger partial charge in [-0.3, -0.25) is 9.59 Å². The topological polar surface area (TPSA) is 65.2 Å². The fourth-order valence-electron chi connectivity index (χ4n) is 4.61. The van der Waals surface area contributed by atoms with Gasteiger partial charge in [0, 0.05) is 47.2 Å². The molecule has 1 aliphatic heterocycles. The van der Waals surface area contributed by atoms with Gasteiger partial charge >= 0.3 is 0 Å². The van der Waals surface area contributed by atoms with Crippen molar-refractivity contribution in [1.82, 2.24) is 15.2 Å². The van der Waals surface area contributed by atoms with Crippen molar-refractivity contribution in [2.24, 2.45) is 5.92 Å². The molecule has 5 rings (SSSR count). The van der Waals surface area contributed by atoms with Crippen LogP contribution in [0.4, 0.5) is 0 Å². The molecule has 2 fully saturated rings. The van der Waals surface area contributed by atoms with Gasteiger partial charge in [-0.15, -0.1) is 0 Å². The van der Waals surface area contributed by atoms with Crippen LogP contribution in [0.25, 0.3) is 10.9 Å². The van der Waals surface area contributed by atoms with Crippen LogP contribution < -0.4 is 5.32 Å². The second-order valence-electron chi connectivity index (χ2n) is 8.40. The number of fused-ring (bicyclic) bond motifs is 3. The van der Waals surface area contributed by atoms with E-state index in [-0.39, 0.29) is 23.8 Å². The molecule has 3 aliphatic rings. The SMILES string of the molecule is O=C(NC1CCN(C(=O)c2ccc3[nH]c4c(c3c2)CCCC4)CC1)C1CC1. The molecule has 27 heavy (non-hydrogen) atoms. The number of hydrogen-bond donors (Lipinski definition) is 2. The lowest BCUT2D eigenvalue weighted by Crippen LogP contribution is -2.46. The number of hydrogen-bond acceptors (Lipinski definition) is 2. The van der Waals surface area contributed by atoms with Crippen molar-refractivity contribution in [3.05, 3.63) is 35.0 Å². The first-order chi connectivity index (χ1) is 13.2. The Bertz CT molecular complexity index is 888. The number of nitrogens with zero attached hydrogens (tertiary/aromatic N) is 1. The van der Waals surface area contributed by atoms with Crippen molar-refractivity contribution in [3.63, 3.8) is 0 Å². The Labute approximate surface area is 159 Å². The summed E-state index contributed by atoms with van der Waals surface area (Å²) in [6.07, 6.45) is 8.49. The van der Waals surface area contributed by atoms with Crippen LogP contribution in [-0.2, 0) is 17.6 Å². The van der Waals surface area contributed by atoms with Crippen LogP contribution in [-0.4, -0.2) is 40.8 Å². The van der Waals surface area contributed by atoms with Crippen molar-refractivity contribution in [1.29, 1.82) is 0 Å². The van der Waals surface area contributed by atoms with E-state index in [1.807, 2.05) is 11.0 Å². The third-order valence-electron chi connectivity index (χ3n) is 6.42. The smallest absolute Gasteiger partial charge is 0.253 e. The van der Waals surface area contributed by atoms with Crippen molar-refractivity contribution in [2.45, 2.75) is 57.4 Å². The van der Waals surface area contributed by atoms with Gasteiger partial charge in [-0.2, -0.15) is 0 Å². The molecule has 1 saturated heterocycles. The predicted octanol–water partition coefficient (Wildman–Crippen LogP) is 3.18. The van der Waals surface area contributed by atoms with E-state index in [9.17, 15) is 9.59 Å². The van der Waals surface area contributed by atoms with Crippen LogP contribution in [0.15, 0.2) is 18.2 Å². The monoisotopic (exact) mass is 365 g/mol. The Morgan fingerprint density at radius 3 is 2.59 bits per heavy atom. The number of H-pyrrole nitrogens is 1. The van der Waals surface area contributed by atoms with Gasteiger partial charge in [0.2, 0.25) is 5.91 Å². The van der Waals surface area contributed by atoms with Crippen LogP contribution in [0.1, 0.15) is 60.1 Å². The third-order valence-corrected chi connectivity index (χ3v) is 6.42. The van der Waals surface area contributed by atoms with E-state index in [0.717, 1.165) is 62.7 Å². The number of benzene rings is 1. The highest BCUT2D eigenvalue weighted by Crippen LogP contribution is 2.31. The lowest BCUT2D eigenvalue weighted by molar-refractivity contribution is -0.123. The average Bonchev–Trinajstić information content (AvgIpc) is 3.49. The maximum Gasteiger partial charge on any atom is 0.253 e. The molecule has 2 N–H and O–H groups in total. The van der Waals surface area contributed by atoms with Crippen LogP contribution in [0.5, 0.6) is 0 Å². The van der Waals surface area contributed by atoms with E-state index < -0.39 is 0 Å². The summed E-state index contributed by atoms with van der Waals surface area (Å²) in [5.41, 5.74) is 4.70. The van der Waals surface area contributed by atoms with Crippen molar-refractivity contribution >= 4 is 22.7 Å². The fourth-order valence-corrected chi connectivity index (χ4v) is 4.61. The normalized spacial score (nSPS) is 20.5. The number of nitrogens with one attached hydrogen (secondary N) is 2. The molecule has 2 aliphatic carbocycles. The summed E-state index contributed by atoms with van der Waals surface area (Å²) in [7, 11) is 0. The molecule has 1 saturated carbocycles. The first-order valence-electron chi connectivity index (χ1n) is 10.4. The maximum atomic E-state index is 13.0. The van der Waals surface area contributed by atoms with Gasteiger partial charge in [-0.05, 0) is 75.1 Å². The Morgan fingerprint density at radius 1 is 1.04 bits per heavy atom. The fraction of sp³-hybridized carbons (Fsp3) is 0.545. The molecule has 0 atom stereocenters. The Morgan fingerprint density at radius 2 is 1.81 bits per heavy atom. The highest BCUT2D eigenvalue weighted by molar-refractivity contribution is 5.99. The second-order valence-corrected chi connectivity index (χ2v) is 8.40. The van der Waals surface area contributed by atoms with E-state index in [0.29, 0.717) is 0 Å². The Kier molecular flexibility index (Phi) is 4.18. The number of rotatable bonds is 3. The molecule has 0 spiro atoms. The molecule has 5 nitrogen and oxygen atoms in total. The van der Waals surface area contributed by atoms with Crippen molar-refractivity contribution < 1.29 is 9.59 Å². The minimum atomic E-state index is 0.120. The van der Waals surface area contributed by atoms with Crippen LogP contribution in [0, 0.1) is 5.92 Å². The first kappa shape index (κ1) is 16.8. The summed E-state index contributed by atoms with van der Waals surface area (Å²) in [4.78, 5) is 30.4. The number of aryl methyl sites for hydroxylation is 2. The average molecular weight is 365 g/mol. The highest BCUT2D eigenvalue weighted by atomic mass is 16.2. The zero-order valence-corrected chi connectivity index (χ0v) is 15.7. The van der Waals surface area contributed by atoms with E-state index >= 15 is 0 Å². The summed E-state index contributed by atoms with van der Waals surface area (Å²) in [6, 6.07) is 6.32. The minimum absolute atomic E-state index is 0.120. The van der Waals surface area contributed by atoms with E-state index in [2.05, 4.69) is 22.4 Å². The van der Waals surface area contributed by atoms with Gasteiger partial charge in [0.05, 0.1) is 0 Å². The van der Waals surface area contributed by atoms with Gasteiger partial charge in [0.15, 0.2) is 0 Å². The van der Waals surface area contributed by atoms with E-state index in [4.69, 9.17) is 0 Å². The van der Waals surface area contributed by atoms with Crippen molar-refractivity contribution in [3.8, 4) is 0 Å². The molecule has 142 valence electrons. The lowest BCUT2D eigenvalue weighted by atomic mass is 9.95. The van der Waals surface area contributed by atoms with Crippen LogP contribution in [0.3, 0.4) is 0 Å². The molecular formula is C22H27N3O2. The molecule has 0 unspecified atom stereocenters. The summed E-state index contributed by atoms with van der Waals surface area (Å²) >= 11 is 0. The van der Waals surface area contributed by atoms with Gasteiger partial charge in [0.1, 0.15) is 0 Å². The largest absolute Gasteiger partial charge is 0.358 e. The number of aromatic amines is 1. The molecule has 5 heteroatoms. The predicted molar refractivity (Wildman–Crippen MR) is 105 cm³/mol. The molecule has 1 aromatic carbocycles. The number of aromatic nitrogens is 1. The zero-order chi connectivity index (χ0) is 18.4. The van der Waals surface area contributed by atoms with Crippen LogP contribution >= 0.6 is 0 Å². The van der Waals surface area contributed by atoms with Gasteiger partial charge in [-0.1, -0.05) is 0 Å². The standard InChI is InChI=1S/C22H27N3O2/c26-21(14-5-6-14)23-16-9-11-25(12-10-16)22(27)15-7-8-20-18(13-15)17-3-1-2-4-19(17)24-20/h7-8,13-14,16,24H,1-6,9-12H2,(H,23,26). The molecular weight excluding hydrogens is 338 g/mol. The summed E-state index contributed by atoms with van der Waals surface area (Å²) < 4.78 is 0. The summed E-state index contributed by atoms with van der Waals surface area (Å²) in [5.74, 6) is 0.584. The molecule has 2 aromatic rings. The minimum Gasteiger partial charge on any atom is -0.358 e.